The Bertz CT molecular complexity index is 1420. The molecule has 0 aliphatic carbocycles. The summed E-state index contributed by atoms with van der Waals surface area (Å²) in [6.07, 6.45) is 1.49. The average Bonchev–Trinajstić information content (AvgIpc) is 2.86. The minimum atomic E-state index is -1.09. The van der Waals surface area contributed by atoms with Crippen LogP contribution in [0.4, 0.5) is 16.2 Å². The van der Waals surface area contributed by atoms with Gasteiger partial charge in [0, 0.05) is 23.0 Å². The Balaban J connectivity index is 1.69. The zero-order valence-corrected chi connectivity index (χ0v) is 21.2. The first-order valence-corrected chi connectivity index (χ1v) is 11.9. The molecule has 0 atom stereocenters. The van der Waals surface area contributed by atoms with Crippen LogP contribution in [0.5, 0.6) is 11.5 Å². The molecule has 0 bridgehead atoms. The van der Waals surface area contributed by atoms with Crippen LogP contribution in [0.3, 0.4) is 0 Å². The normalized spacial score (nSPS) is 11.0. The topological polar surface area (TPSA) is 101 Å². The third kappa shape index (κ3) is 6.32. The fraction of sp³-hybridized carbons (Fsp3) is 0.167. The van der Waals surface area contributed by atoms with Crippen molar-refractivity contribution in [2.45, 2.75) is 33.1 Å². The Hall–Kier alpha value is -4.65. The molecule has 0 spiro atoms. The van der Waals surface area contributed by atoms with Crippen molar-refractivity contribution in [3.63, 3.8) is 0 Å². The summed E-state index contributed by atoms with van der Waals surface area (Å²) in [5.41, 5.74) is 4.49. The Morgan fingerprint density at radius 1 is 0.838 bits per heavy atom. The number of aromatic carboxylic acids is 1. The molecular weight excluding hydrogens is 466 g/mol. The summed E-state index contributed by atoms with van der Waals surface area (Å²) in [4.78, 5) is 28.1. The van der Waals surface area contributed by atoms with Gasteiger partial charge in [-0.3, -0.25) is 0 Å². The number of benzene rings is 3. The number of rotatable bonds is 6. The molecule has 4 aromatic rings. The lowest BCUT2D eigenvalue weighted by atomic mass is 9.86. The van der Waals surface area contributed by atoms with Gasteiger partial charge in [0.15, 0.2) is 5.75 Å². The number of ether oxygens (including phenoxy) is 1. The second-order valence-corrected chi connectivity index (χ2v) is 9.74. The van der Waals surface area contributed by atoms with Gasteiger partial charge < -0.3 is 20.5 Å². The van der Waals surface area contributed by atoms with E-state index < -0.39 is 12.0 Å². The van der Waals surface area contributed by atoms with E-state index in [4.69, 9.17) is 9.84 Å². The number of nitrogens with zero attached hydrogens (tertiary/aromatic N) is 1. The molecule has 1 heterocycles. The number of carbonyl (C=O) groups excluding carboxylic acids is 1. The number of hydrogen-bond donors (Lipinski definition) is 3. The van der Waals surface area contributed by atoms with E-state index in [-0.39, 0.29) is 11.1 Å². The monoisotopic (exact) mass is 495 g/mol. The number of para-hydroxylation sites is 1. The lowest BCUT2D eigenvalue weighted by Gasteiger charge is -2.23. The predicted octanol–water partition coefficient (Wildman–Crippen LogP) is 7.49. The summed E-state index contributed by atoms with van der Waals surface area (Å²) in [5.74, 6) is 0.0646. The van der Waals surface area contributed by atoms with E-state index in [1.165, 1.54) is 12.3 Å². The molecule has 3 aromatic carbocycles. The number of carboxylic acids is 1. The molecule has 7 nitrogen and oxygen atoms in total. The van der Waals surface area contributed by atoms with Crippen LogP contribution in [0.1, 0.15) is 42.4 Å². The van der Waals surface area contributed by atoms with Gasteiger partial charge in [0.05, 0.1) is 5.69 Å². The number of anilines is 2. The van der Waals surface area contributed by atoms with Gasteiger partial charge in [-0.15, -0.1) is 0 Å². The van der Waals surface area contributed by atoms with Gasteiger partial charge in [0.1, 0.15) is 11.4 Å². The minimum Gasteiger partial charge on any atom is -0.477 e. The molecule has 0 unspecified atom stereocenters. The van der Waals surface area contributed by atoms with Gasteiger partial charge in [0.25, 0.3) is 0 Å². The first kappa shape index (κ1) is 25.4. The Labute approximate surface area is 216 Å². The number of nitrogens with one attached hydrogen (secondary N) is 2. The first-order valence-electron chi connectivity index (χ1n) is 11.9. The number of hydrogen-bond acceptors (Lipinski definition) is 4. The molecule has 0 radical (unpaired) electrons. The first-order chi connectivity index (χ1) is 17.6. The van der Waals surface area contributed by atoms with Crippen LogP contribution < -0.4 is 15.4 Å². The molecule has 0 aliphatic heterocycles. The molecule has 1 aromatic heterocycles. The van der Waals surface area contributed by atoms with Gasteiger partial charge in [-0.1, -0.05) is 68.8 Å². The van der Waals surface area contributed by atoms with E-state index in [0.29, 0.717) is 28.4 Å². The Morgan fingerprint density at radius 2 is 1.54 bits per heavy atom. The molecule has 2 amide bonds. The Morgan fingerprint density at radius 3 is 2.19 bits per heavy atom. The highest BCUT2D eigenvalue weighted by molar-refractivity contribution is 6.01. The number of amides is 2. The second kappa shape index (κ2) is 10.5. The predicted molar refractivity (Wildman–Crippen MR) is 146 cm³/mol. The SMILES string of the molecule is Cc1ccc(NC(=O)Nc2cc(-c3ccc(C(=O)O)nc3)ccc2Oc2ccccc2C(C)(C)C)cc1. The van der Waals surface area contributed by atoms with Crippen LogP contribution in [0.2, 0.25) is 0 Å². The number of aryl methyl sites for hydroxylation is 1. The highest BCUT2D eigenvalue weighted by atomic mass is 16.5. The summed E-state index contributed by atoms with van der Waals surface area (Å²) in [6.45, 7) is 8.31. The van der Waals surface area contributed by atoms with Crippen LogP contribution in [0.25, 0.3) is 11.1 Å². The molecule has 0 fully saturated rings. The summed E-state index contributed by atoms with van der Waals surface area (Å²) in [6, 6.07) is 23.4. The van der Waals surface area contributed by atoms with E-state index >= 15 is 0 Å². The van der Waals surface area contributed by atoms with Crippen LogP contribution in [0, 0.1) is 6.92 Å². The maximum absolute atomic E-state index is 12.9. The molecule has 0 saturated heterocycles. The zero-order chi connectivity index (χ0) is 26.6. The number of carbonyl (C=O) groups is 2. The largest absolute Gasteiger partial charge is 0.477 e. The van der Waals surface area contributed by atoms with E-state index in [0.717, 1.165) is 16.7 Å². The molecule has 3 N–H and O–H groups in total. The van der Waals surface area contributed by atoms with Crippen molar-refractivity contribution >= 4 is 23.4 Å². The number of carboxylic acid groups (broad SMARTS) is 1. The van der Waals surface area contributed by atoms with Crippen LogP contribution in [0.15, 0.2) is 85.1 Å². The van der Waals surface area contributed by atoms with E-state index in [1.807, 2.05) is 61.5 Å². The van der Waals surface area contributed by atoms with Crippen molar-refractivity contribution in [1.82, 2.24) is 4.98 Å². The fourth-order valence-electron chi connectivity index (χ4n) is 3.80. The summed E-state index contributed by atoms with van der Waals surface area (Å²) in [7, 11) is 0. The lowest BCUT2D eigenvalue weighted by molar-refractivity contribution is 0.0690. The number of pyridine rings is 1. The van der Waals surface area contributed by atoms with Crippen molar-refractivity contribution in [2.75, 3.05) is 10.6 Å². The number of aromatic nitrogens is 1. The van der Waals surface area contributed by atoms with Gasteiger partial charge in [0.2, 0.25) is 0 Å². The molecule has 0 aliphatic rings. The van der Waals surface area contributed by atoms with E-state index in [9.17, 15) is 9.59 Å². The maximum atomic E-state index is 12.9. The average molecular weight is 496 g/mol. The smallest absolute Gasteiger partial charge is 0.354 e. The van der Waals surface area contributed by atoms with Gasteiger partial charge >= 0.3 is 12.0 Å². The third-order valence-electron chi connectivity index (χ3n) is 5.77. The zero-order valence-electron chi connectivity index (χ0n) is 21.2. The van der Waals surface area contributed by atoms with E-state index in [1.54, 1.807) is 18.2 Å². The second-order valence-electron chi connectivity index (χ2n) is 9.74. The molecule has 0 saturated carbocycles. The van der Waals surface area contributed by atoms with Crippen molar-refractivity contribution in [3.05, 3.63) is 102 Å². The highest BCUT2D eigenvalue weighted by Gasteiger charge is 2.20. The van der Waals surface area contributed by atoms with E-state index in [2.05, 4.69) is 36.4 Å². The molecule has 4 rings (SSSR count). The van der Waals surface area contributed by atoms with Crippen LogP contribution in [-0.2, 0) is 5.41 Å². The number of urea groups is 1. The third-order valence-corrected chi connectivity index (χ3v) is 5.77. The molecule has 37 heavy (non-hydrogen) atoms. The summed E-state index contributed by atoms with van der Waals surface area (Å²) >= 11 is 0. The van der Waals surface area contributed by atoms with Gasteiger partial charge in [-0.2, -0.15) is 0 Å². The van der Waals surface area contributed by atoms with Gasteiger partial charge in [-0.25, -0.2) is 14.6 Å². The van der Waals surface area contributed by atoms with Crippen molar-refractivity contribution in [1.29, 1.82) is 0 Å². The van der Waals surface area contributed by atoms with Gasteiger partial charge in [-0.05, 0) is 54.3 Å². The van der Waals surface area contributed by atoms with Crippen molar-refractivity contribution < 1.29 is 19.4 Å². The van der Waals surface area contributed by atoms with Crippen molar-refractivity contribution in [3.8, 4) is 22.6 Å². The quantitative estimate of drug-likeness (QED) is 0.257. The van der Waals surface area contributed by atoms with Crippen molar-refractivity contribution in [2.24, 2.45) is 0 Å². The maximum Gasteiger partial charge on any atom is 0.354 e. The van der Waals surface area contributed by atoms with Crippen LogP contribution in [-0.4, -0.2) is 22.1 Å². The minimum absolute atomic E-state index is 0.0432. The fourth-order valence-corrected chi connectivity index (χ4v) is 3.80. The molecule has 7 heteroatoms. The van der Waals surface area contributed by atoms with Crippen LogP contribution >= 0.6 is 0 Å². The highest BCUT2D eigenvalue weighted by Crippen LogP contribution is 2.38. The standard InChI is InChI=1S/C30H29N3O4/c1-19-9-13-22(14-10-19)32-29(36)33-25-17-20(21-11-15-24(28(34)35)31-18-21)12-16-27(25)37-26-8-6-5-7-23(26)30(2,3)4/h5-18H,1-4H3,(H,34,35)(H2,32,33,36). The Kier molecular flexibility index (Phi) is 7.25. The molecular formula is C30H29N3O4. The molecule has 188 valence electrons. The summed E-state index contributed by atoms with van der Waals surface area (Å²) < 4.78 is 6.34. The summed E-state index contributed by atoms with van der Waals surface area (Å²) in [5, 5.41) is 14.9. The lowest BCUT2D eigenvalue weighted by Crippen LogP contribution is -2.20.